The Hall–Kier alpha value is -1.10. The number of carbonyl (C=O) groups is 1. The van der Waals surface area contributed by atoms with E-state index in [1.54, 1.807) is 0 Å². The third-order valence-electron chi connectivity index (χ3n) is 5.70. The van der Waals surface area contributed by atoms with Crippen molar-refractivity contribution in [3.05, 3.63) is 35.9 Å². The molecule has 140 valence electrons. The quantitative estimate of drug-likeness (QED) is 0.649. The molecular formula is C20H30ClNO3. The van der Waals surface area contributed by atoms with Crippen LogP contribution < -0.4 is 17.3 Å². The highest BCUT2D eigenvalue weighted by atomic mass is 35.5. The summed E-state index contributed by atoms with van der Waals surface area (Å²) >= 11 is 0. The lowest BCUT2D eigenvalue weighted by Gasteiger charge is -2.38. The van der Waals surface area contributed by atoms with Gasteiger partial charge in [-0.3, -0.25) is 0 Å². The summed E-state index contributed by atoms with van der Waals surface area (Å²) in [6.07, 6.45) is 6.99. The van der Waals surface area contributed by atoms with Crippen LogP contribution in [0.5, 0.6) is 0 Å². The Labute approximate surface area is 157 Å². The number of hydrogen-bond donors (Lipinski definition) is 2. The van der Waals surface area contributed by atoms with E-state index in [1.807, 2.05) is 30.3 Å². The summed E-state index contributed by atoms with van der Waals surface area (Å²) in [5, 5.41) is 11.5. The summed E-state index contributed by atoms with van der Waals surface area (Å²) in [4.78, 5) is 14.4. The third kappa shape index (κ3) is 4.55. The number of piperidine rings is 1. The monoisotopic (exact) mass is 367 g/mol. The van der Waals surface area contributed by atoms with Gasteiger partial charge in [0, 0.05) is 12.3 Å². The number of likely N-dealkylation sites (N-methyl/N-ethyl adjacent to an activating group) is 1. The molecule has 2 N–H and O–H groups in total. The minimum absolute atomic E-state index is 0. The van der Waals surface area contributed by atoms with Gasteiger partial charge in [0.25, 0.3) is 0 Å². The zero-order valence-electron chi connectivity index (χ0n) is 15.0. The second kappa shape index (κ2) is 9.02. The van der Waals surface area contributed by atoms with E-state index in [1.165, 1.54) is 11.3 Å². The molecule has 1 aliphatic carbocycles. The number of ether oxygens (including phenoxy) is 1. The van der Waals surface area contributed by atoms with Crippen molar-refractivity contribution in [2.24, 2.45) is 5.92 Å². The second-order valence-corrected chi connectivity index (χ2v) is 7.55. The van der Waals surface area contributed by atoms with Crippen LogP contribution in [0.3, 0.4) is 0 Å². The van der Waals surface area contributed by atoms with E-state index in [9.17, 15) is 9.90 Å². The molecule has 0 bridgehead atoms. The van der Waals surface area contributed by atoms with Gasteiger partial charge in [-0.15, -0.1) is 0 Å². The van der Waals surface area contributed by atoms with Crippen LogP contribution in [0.1, 0.15) is 50.5 Å². The van der Waals surface area contributed by atoms with Gasteiger partial charge in [-0.1, -0.05) is 49.6 Å². The summed E-state index contributed by atoms with van der Waals surface area (Å²) in [5.74, 6) is -0.491. The van der Waals surface area contributed by atoms with Gasteiger partial charge in [-0.2, -0.15) is 0 Å². The lowest BCUT2D eigenvalue weighted by molar-refractivity contribution is -0.888. The average molecular weight is 368 g/mol. The minimum Gasteiger partial charge on any atom is -1.00 e. The number of quaternary nitrogens is 1. The molecule has 2 fully saturated rings. The predicted octanol–water partition coefficient (Wildman–Crippen LogP) is -1.32. The van der Waals surface area contributed by atoms with Crippen molar-refractivity contribution < 1.29 is 31.9 Å². The maximum atomic E-state index is 13.1. The summed E-state index contributed by atoms with van der Waals surface area (Å²) in [7, 11) is 2.13. The highest BCUT2D eigenvalue weighted by Crippen LogP contribution is 2.40. The van der Waals surface area contributed by atoms with E-state index in [-0.39, 0.29) is 24.4 Å². The number of benzene rings is 1. The Morgan fingerprint density at radius 1 is 1.12 bits per heavy atom. The van der Waals surface area contributed by atoms with Crippen LogP contribution in [0, 0.1) is 5.92 Å². The van der Waals surface area contributed by atoms with Gasteiger partial charge in [0.1, 0.15) is 6.54 Å². The Morgan fingerprint density at radius 2 is 1.80 bits per heavy atom. The number of nitrogens with one attached hydrogen (secondary N) is 1. The van der Waals surface area contributed by atoms with Crippen LogP contribution in [-0.4, -0.2) is 37.3 Å². The normalized spacial score (nSPS) is 27.0. The molecule has 25 heavy (non-hydrogen) atoms. The first-order chi connectivity index (χ1) is 11.6. The molecule has 0 radical (unpaired) electrons. The van der Waals surface area contributed by atoms with E-state index in [2.05, 4.69) is 7.05 Å². The lowest BCUT2D eigenvalue weighted by atomic mass is 9.73. The van der Waals surface area contributed by atoms with E-state index in [4.69, 9.17) is 4.74 Å². The van der Waals surface area contributed by atoms with Gasteiger partial charge >= 0.3 is 5.97 Å². The smallest absolute Gasteiger partial charge is 0.343 e. The second-order valence-electron chi connectivity index (χ2n) is 7.55. The number of halogens is 1. The molecule has 0 spiro atoms. The molecule has 3 unspecified atom stereocenters. The van der Waals surface area contributed by atoms with Crippen molar-refractivity contribution in [1.82, 2.24) is 0 Å². The van der Waals surface area contributed by atoms with Gasteiger partial charge in [0.15, 0.2) is 11.7 Å². The summed E-state index contributed by atoms with van der Waals surface area (Å²) in [6.45, 7) is 1.96. The standard InChI is InChI=1S/C20H29NO3.ClH/c1-21-14-8-13-18(15-21)24-19(22)20(23,16-9-4-2-5-10-16)17-11-6-3-7-12-17;/h2,4-5,9-10,17-18,23H,3,6-8,11-15H2,1H3;1H. The van der Waals surface area contributed by atoms with Gasteiger partial charge in [-0.05, 0) is 24.8 Å². The Bertz CT molecular complexity index is 547. The van der Waals surface area contributed by atoms with Crippen LogP contribution in [0.4, 0.5) is 0 Å². The molecule has 0 amide bonds. The van der Waals surface area contributed by atoms with Crippen LogP contribution in [0.2, 0.25) is 0 Å². The first-order valence-corrected chi connectivity index (χ1v) is 9.41. The summed E-state index contributed by atoms with van der Waals surface area (Å²) in [5.41, 5.74) is -0.828. The lowest BCUT2D eigenvalue weighted by Crippen LogP contribution is -3.11. The maximum Gasteiger partial charge on any atom is 0.343 e. The molecule has 1 aromatic carbocycles. The van der Waals surface area contributed by atoms with E-state index < -0.39 is 11.6 Å². The SMILES string of the molecule is C[NH+]1CCCC(OC(=O)C(O)(c2ccccc2)C2CCCCC2)C1.[Cl-]. The molecular weight excluding hydrogens is 338 g/mol. The van der Waals surface area contributed by atoms with Crippen LogP contribution in [0.25, 0.3) is 0 Å². The molecule has 1 saturated carbocycles. The molecule has 1 aliphatic heterocycles. The fraction of sp³-hybridized carbons (Fsp3) is 0.650. The Balaban J connectivity index is 0.00000225. The van der Waals surface area contributed by atoms with Gasteiger partial charge in [0.2, 0.25) is 0 Å². The van der Waals surface area contributed by atoms with E-state index in [0.29, 0.717) is 5.56 Å². The Kier molecular flexibility index (Phi) is 7.29. The number of rotatable bonds is 4. The molecule has 5 heteroatoms. The van der Waals surface area contributed by atoms with E-state index in [0.717, 1.165) is 51.6 Å². The van der Waals surface area contributed by atoms with Crippen LogP contribution in [-0.2, 0) is 15.1 Å². The average Bonchev–Trinajstić information content (AvgIpc) is 2.62. The highest BCUT2D eigenvalue weighted by Gasteiger charge is 2.48. The van der Waals surface area contributed by atoms with Gasteiger partial charge in [0.05, 0.1) is 13.6 Å². The number of hydrogen-bond acceptors (Lipinski definition) is 3. The van der Waals surface area contributed by atoms with Crippen molar-refractivity contribution in [2.45, 2.75) is 56.7 Å². The zero-order valence-corrected chi connectivity index (χ0v) is 15.8. The third-order valence-corrected chi connectivity index (χ3v) is 5.70. The zero-order chi connectivity index (χ0) is 17.0. The molecule has 1 heterocycles. The molecule has 3 rings (SSSR count). The molecule has 1 aromatic rings. The molecule has 2 aliphatic rings. The predicted molar refractivity (Wildman–Crippen MR) is 92.6 cm³/mol. The molecule has 4 nitrogen and oxygen atoms in total. The summed E-state index contributed by atoms with van der Waals surface area (Å²) < 4.78 is 5.82. The number of likely N-dealkylation sites (tertiary alicyclic amines) is 1. The fourth-order valence-corrected chi connectivity index (χ4v) is 4.30. The topological polar surface area (TPSA) is 51.0 Å². The van der Waals surface area contributed by atoms with Crippen molar-refractivity contribution in [2.75, 3.05) is 20.1 Å². The molecule has 3 atom stereocenters. The highest BCUT2D eigenvalue weighted by molar-refractivity contribution is 5.81. The molecule has 1 saturated heterocycles. The number of aliphatic hydroxyl groups is 1. The number of esters is 1. The van der Waals surface area contributed by atoms with Crippen molar-refractivity contribution in [3.8, 4) is 0 Å². The van der Waals surface area contributed by atoms with Gasteiger partial charge in [-0.25, -0.2) is 4.79 Å². The molecule has 0 aromatic heterocycles. The minimum atomic E-state index is -1.51. The summed E-state index contributed by atoms with van der Waals surface area (Å²) in [6, 6.07) is 9.39. The number of carbonyl (C=O) groups excluding carboxylic acids is 1. The van der Waals surface area contributed by atoms with Crippen LogP contribution in [0.15, 0.2) is 30.3 Å². The first kappa shape index (κ1) is 20.2. The van der Waals surface area contributed by atoms with Crippen molar-refractivity contribution >= 4 is 5.97 Å². The van der Waals surface area contributed by atoms with Crippen molar-refractivity contribution in [3.63, 3.8) is 0 Å². The first-order valence-electron chi connectivity index (χ1n) is 9.41. The van der Waals surface area contributed by atoms with Crippen LogP contribution >= 0.6 is 0 Å². The fourth-order valence-electron chi connectivity index (χ4n) is 4.30. The largest absolute Gasteiger partial charge is 1.00 e. The maximum absolute atomic E-state index is 13.1. The van der Waals surface area contributed by atoms with E-state index >= 15 is 0 Å². The Morgan fingerprint density at radius 3 is 2.44 bits per heavy atom. The van der Waals surface area contributed by atoms with Gasteiger partial charge < -0.3 is 27.2 Å². The van der Waals surface area contributed by atoms with Crippen molar-refractivity contribution in [1.29, 1.82) is 0 Å².